The number of aromatic nitrogens is 4. The average Bonchev–Trinajstić information content (AvgIpc) is 2.84. The van der Waals surface area contributed by atoms with Crippen molar-refractivity contribution in [3.05, 3.63) is 16.7 Å². The van der Waals surface area contributed by atoms with Crippen LogP contribution in [0.25, 0.3) is 11.2 Å². The lowest BCUT2D eigenvalue weighted by Gasteiger charge is -2.21. The summed E-state index contributed by atoms with van der Waals surface area (Å²) in [6.45, 7) is -0.533. The third kappa shape index (κ3) is 4.82. The predicted octanol–water partition coefficient (Wildman–Crippen LogP) is -1.83. The maximum Gasteiger partial charge on any atom is 0.280 e. The number of nitrogens with one attached hydrogen (secondary N) is 1. The van der Waals surface area contributed by atoms with Gasteiger partial charge in [-0.05, 0) is 0 Å². The van der Waals surface area contributed by atoms with Crippen LogP contribution in [0.5, 0.6) is 0 Å². The van der Waals surface area contributed by atoms with Gasteiger partial charge in [-0.25, -0.2) is 4.98 Å². The number of anilines is 1. The van der Waals surface area contributed by atoms with Gasteiger partial charge in [0.05, 0.1) is 19.5 Å². The quantitative estimate of drug-likeness (QED) is 0.459. The number of nitrogens with two attached hydrogens (primary N) is 1. The number of hydrogen-bond donors (Lipinski definition) is 3. The van der Waals surface area contributed by atoms with Gasteiger partial charge in [-0.2, -0.15) is 4.98 Å². The summed E-state index contributed by atoms with van der Waals surface area (Å²) in [7, 11) is -3.47. The molecule has 0 saturated heterocycles. The van der Waals surface area contributed by atoms with Crippen LogP contribution in [0.4, 0.5) is 5.95 Å². The number of aromatic amines is 1. The van der Waals surface area contributed by atoms with Crippen molar-refractivity contribution in [1.29, 1.82) is 0 Å². The van der Waals surface area contributed by atoms with Gasteiger partial charge in [0.15, 0.2) is 11.2 Å². The molecule has 2 atom stereocenters. The fourth-order valence-corrected chi connectivity index (χ4v) is 2.11. The van der Waals surface area contributed by atoms with Crippen molar-refractivity contribution in [1.82, 2.24) is 19.5 Å². The van der Waals surface area contributed by atoms with Crippen molar-refractivity contribution in [2.24, 2.45) is 0 Å². The van der Waals surface area contributed by atoms with E-state index in [0.717, 1.165) is 0 Å². The summed E-state index contributed by atoms with van der Waals surface area (Å²) >= 11 is 0. The van der Waals surface area contributed by atoms with Crippen LogP contribution in [0.2, 0.25) is 0 Å². The lowest BCUT2D eigenvalue weighted by Crippen LogP contribution is -2.26. The fraction of sp³-hybridized carbons (Fsp3) is 0.500. The molecule has 2 rings (SSSR count). The molecule has 0 fully saturated rings. The van der Waals surface area contributed by atoms with Crippen LogP contribution in [0.15, 0.2) is 11.1 Å². The van der Waals surface area contributed by atoms with Crippen molar-refractivity contribution in [3.8, 4) is 0 Å². The lowest BCUT2D eigenvalue weighted by atomic mass is 10.4. The van der Waals surface area contributed by atoms with Gasteiger partial charge in [0.1, 0.15) is 12.8 Å². The fourth-order valence-electron chi connectivity index (χ4n) is 1.76. The minimum atomic E-state index is -4.86. The molecular weight excluding hydrogens is 333 g/mol. The molecule has 128 valence electrons. The molecule has 0 spiro atoms. The third-order valence-corrected chi connectivity index (χ3v) is 3.19. The Morgan fingerprint density at radius 2 is 2.30 bits per heavy atom. The number of nitrogens with zero attached hydrogens (tertiary/aromatic N) is 3. The number of imidazole rings is 1. The van der Waals surface area contributed by atoms with E-state index in [4.69, 9.17) is 20.1 Å². The zero-order valence-electron chi connectivity index (χ0n) is 12.0. The summed E-state index contributed by atoms with van der Waals surface area (Å²) in [6.07, 6.45) is 0.535. The van der Waals surface area contributed by atoms with Crippen molar-refractivity contribution >= 4 is 24.9 Å². The molecule has 13 heteroatoms. The topological polar surface area (TPSA) is 178 Å². The number of ether oxygens (including phenoxy) is 2. The normalized spacial score (nSPS) is 15.6. The second kappa shape index (κ2) is 7.17. The van der Waals surface area contributed by atoms with E-state index in [2.05, 4.69) is 19.5 Å². The maximum atomic E-state index is 11.6. The van der Waals surface area contributed by atoms with Crippen molar-refractivity contribution in [3.63, 3.8) is 0 Å². The highest BCUT2D eigenvalue weighted by Crippen LogP contribution is 2.30. The van der Waals surface area contributed by atoms with E-state index in [-0.39, 0.29) is 30.4 Å². The number of phosphoric acid groups is 1. The molecule has 0 bridgehead atoms. The molecule has 0 aliphatic carbocycles. The van der Waals surface area contributed by atoms with Crippen LogP contribution in [-0.4, -0.2) is 50.8 Å². The zero-order chi connectivity index (χ0) is 17.0. The smallest absolute Gasteiger partial charge is 0.280 e. The minimum Gasteiger partial charge on any atom is -0.756 e. The molecule has 0 radical (unpaired) electrons. The number of hydrogen-bond acceptors (Lipinski definition) is 9. The lowest BCUT2D eigenvalue weighted by molar-refractivity contribution is -0.223. The summed E-state index contributed by atoms with van der Waals surface area (Å²) < 4.78 is 26.6. The molecule has 0 aliphatic rings. The molecule has 2 aromatic heterocycles. The van der Waals surface area contributed by atoms with E-state index in [1.54, 1.807) is 0 Å². The van der Waals surface area contributed by atoms with E-state index in [0.29, 0.717) is 0 Å². The largest absolute Gasteiger partial charge is 0.756 e. The number of rotatable bonds is 8. The Balaban J connectivity index is 2.08. The first-order valence-electron chi connectivity index (χ1n) is 6.29. The van der Waals surface area contributed by atoms with Gasteiger partial charge in [0.25, 0.3) is 13.4 Å². The highest BCUT2D eigenvalue weighted by atomic mass is 31.2. The average molecular weight is 348 g/mol. The Hall–Kier alpha value is -1.82. The monoisotopic (exact) mass is 348 g/mol. The second-order valence-electron chi connectivity index (χ2n) is 4.48. The first kappa shape index (κ1) is 17.5. The van der Waals surface area contributed by atoms with Gasteiger partial charge in [-0.3, -0.25) is 18.9 Å². The number of fused-ring (bicyclic) bond motifs is 1. The van der Waals surface area contributed by atoms with Crippen molar-refractivity contribution in [2.45, 2.75) is 12.8 Å². The summed E-state index contributed by atoms with van der Waals surface area (Å²) in [5.41, 5.74) is 5.27. The van der Waals surface area contributed by atoms with E-state index in [1.165, 1.54) is 18.0 Å². The summed E-state index contributed by atoms with van der Waals surface area (Å²) in [4.78, 5) is 41.0. The molecule has 0 amide bonds. The van der Waals surface area contributed by atoms with E-state index < -0.39 is 26.1 Å². The molecule has 12 nitrogen and oxygen atoms in total. The maximum absolute atomic E-state index is 11.6. The van der Waals surface area contributed by atoms with Gasteiger partial charge >= 0.3 is 0 Å². The molecule has 4 N–H and O–H groups in total. The molecule has 23 heavy (non-hydrogen) atoms. The SMILES string of the molecule is COCC(COP(=O)([O-])O)OCn1cnc2c(=O)[nH]c(N)nc21. The summed E-state index contributed by atoms with van der Waals surface area (Å²) in [5.74, 6) is -0.0754. The highest BCUT2D eigenvalue weighted by Gasteiger charge is 2.15. The highest BCUT2D eigenvalue weighted by molar-refractivity contribution is 7.44. The van der Waals surface area contributed by atoms with Gasteiger partial charge in [0.2, 0.25) is 5.95 Å². The molecule has 0 saturated carbocycles. The first-order valence-corrected chi connectivity index (χ1v) is 7.79. The third-order valence-electron chi connectivity index (χ3n) is 2.72. The van der Waals surface area contributed by atoms with Crippen LogP contribution in [0, 0.1) is 0 Å². The number of H-pyrrole nitrogens is 1. The molecule has 2 heterocycles. The Morgan fingerprint density at radius 1 is 1.57 bits per heavy atom. The number of nitrogen functional groups attached to an aromatic ring is 1. The van der Waals surface area contributed by atoms with Gasteiger partial charge in [-0.1, -0.05) is 0 Å². The zero-order valence-corrected chi connectivity index (χ0v) is 12.9. The van der Waals surface area contributed by atoms with E-state index in [9.17, 15) is 14.3 Å². The first-order chi connectivity index (χ1) is 10.8. The van der Waals surface area contributed by atoms with Gasteiger partial charge in [0, 0.05) is 7.11 Å². The standard InChI is InChI=1S/C10H16N5O7P/c1-20-2-6(3-22-23(17,18)19)21-5-15-4-12-7-8(15)13-10(11)14-9(7)16/h4,6H,2-3,5H2,1H3,(H2,17,18,19)(H3,11,13,14,16)/p-1. The van der Waals surface area contributed by atoms with E-state index in [1.807, 2.05) is 0 Å². The summed E-state index contributed by atoms with van der Waals surface area (Å²) in [5, 5.41) is 0. The Kier molecular flexibility index (Phi) is 5.46. The van der Waals surface area contributed by atoms with Crippen molar-refractivity contribution < 1.29 is 28.3 Å². The Labute approximate surface area is 129 Å². The molecule has 2 unspecified atom stereocenters. The van der Waals surface area contributed by atoms with Crippen LogP contribution >= 0.6 is 7.82 Å². The number of methoxy groups -OCH3 is 1. The molecule has 0 aliphatic heterocycles. The van der Waals surface area contributed by atoms with Crippen LogP contribution in [0.1, 0.15) is 0 Å². The predicted molar refractivity (Wildman–Crippen MR) is 75.1 cm³/mol. The van der Waals surface area contributed by atoms with Gasteiger partial charge in [-0.15, -0.1) is 0 Å². The molecular formula is C10H15N5O7P-. The minimum absolute atomic E-state index is 0.0166. The summed E-state index contributed by atoms with van der Waals surface area (Å²) in [6, 6.07) is 0. The Morgan fingerprint density at radius 3 is 2.96 bits per heavy atom. The number of phosphoric ester groups is 1. The van der Waals surface area contributed by atoms with Gasteiger partial charge < -0.3 is 29.5 Å². The van der Waals surface area contributed by atoms with Crippen LogP contribution < -0.4 is 16.2 Å². The van der Waals surface area contributed by atoms with Crippen LogP contribution in [0.3, 0.4) is 0 Å². The molecule has 2 aromatic rings. The second-order valence-corrected chi connectivity index (χ2v) is 5.67. The molecule has 0 aromatic carbocycles. The van der Waals surface area contributed by atoms with Crippen LogP contribution in [-0.2, 0) is 25.3 Å². The van der Waals surface area contributed by atoms with Crippen molar-refractivity contribution in [2.75, 3.05) is 26.1 Å². The Bertz CT molecular complexity index is 769. The van der Waals surface area contributed by atoms with E-state index >= 15 is 0 Å².